The minimum absolute atomic E-state index is 0.319. The molecule has 0 aromatic heterocycles. The molecule has 0 radical (unpaired) electrons. The van der Waals surface area contributed by atoms with E-state index in [4.69, 9.17) is 14.2 Å². The van der Waals surface area contributed by atoms with Gasteiger partial charge in [0.25, 0.3) is 0 Å². The molecule has 0 aliphatic rings. The highest BCUT2D eigenvalue weighted by atomic mass is 16.7. The lowest BCUT2D eigenvalue weighted by atomic mass is 10.3. The maximum absolute atomic E-state index is 5.47. The molecule has 0 aliphatic heterocycles. The maximum atomic E-state index is 5.47. The van der Waals surface area contributed by atoms with Crippen molar-refractivity contribution in [2.45, 2.75) is 26.6 Å². The largest absolute Gasteiger partial charge is 0.481 e. The van der Waals surface area contributed by atoms with E-state index in [-0.39, 0.29) is 0 Å². The Morgan fingerprint density at radius 2 is 1.67 bits per heavy atom. The van der Waals surface area contributed by atoms with Crippen LogP contribution in [0.2, 0.25) is 0 Å². The minimum atomic E-state index is -0.844. The van der Waals surface area contributed by atoms with E-state index in [1.165, 1.54) is 0 Å². The predicted molar refractivity (Wildman–Crippen MR) is 71.4 cm³/mol. The van der Waals surface area contributed by atoms with Crippen LogP contribution in [0.1, 0.15) is 20.8 Å². The molecule has 0 N–H and O–H groups in total. The Morgan fingerprint density at radius 3 is 2.22 bits per heavy atom. The molecule has 98 valence electrons. The van der Waals surface area contributed by atoms with E-state index < -0.39 is 5.79 Å². The Balaban J connectivity index is 2.48. The van der Waals surface area contributed by atoms with Crippen molar-refractivity contribution in [2.24, 2.45) is 0 Å². The first-order valence-electron chi connectivity index (χ1n) is 6.16. The molecule has 0 saturated carbocycles. The molecule has 0 fully saturated rings. The van der Waals surface area contributed by atoms with E-state index in [1.807, 2.05) is 51.1 Å². The van der Waals surface area contributed by atoms with Crippen molar-refractivity contribution in [2.75, 3.05) is 19.8 Å². The molecule has 0 atom stereocenters. The zero-order valence-electron chi connectivity index (χ0n) is 11.2. The second-order valence-electron chi connectivity index (χ2n) is 3.72. The zero-order chi connectivity index (χ0) is 13.3. The van der Waals surface area contributed by atoms with Crippen molar-refractivity contribution in [3.8, 4) is 17.6 Å². The fourth-order valence-electron chi connectivity index (χ4n) is 1.50. The summed E-state index contributed by atoms with van der Waals surface area (Å²) in [5.41, 5.74) is 0. The van der Waals surface area contributed by atoms with E-state index >= 15 is 0 Å². The quantitative estimate of drug-likeness (QED) is 0.572. The molecule has 18 heavy (non-hydrogen) atoms. The van der Waals surface area contributed by atoms with Crippen molar-refractivity contribution < 1.29 is 14.2 Å². The van der Waals surface area contributed by atoms with Crippen LogP contribution < -0.4 is 4.74 Å². The summed E-state index contributed by atoms with van der Waals surface area (Å²) >= 11 is 0. The summed E-state index contributed by atoms with van der Waals surface area (Å²) in [6.07, 6.45) is 0. The summed E-state index contributed by atoms with van der Waals surface area (Å²) in [5.74, 6) is 5.83. The third-order valence-corrected chi connectivity index (χ3v) is 2.21. The van der Waals surface area contributed by atoms with E-state index in [2.05, 4.69) is 11.8 Å². The normalized spacial score (nSPS) is 10.6. The van der Waals surface area contributed by atoms with Crippen LogP contribution in [0, 0.1) is 11.8 Å². The van der Waals surface area contributed by atoms with Gasteiger partial charge in [-0.3, -0.25) is 0 Å². The van der Waals surface area contributed by atoms with E-state index in [9.17, 15) is 0 Å². The first-order valence-corrected chi connectivity index (χ1v) is 6.16. The highest BCUT2D eigenvalue weighted by Gasteiger charge is 2.21. The van der Waals surface area contributed by atoms with E-state index in [0.29, 0.717) is 19.8 Å². The van der Waals surface area contributed by atoms with Crippen molar-refractivity contribution in [1.29, 1.82) is 0 Å². The Morgan fingerprint density at radius 1 is 1.06 bits per heavy atom. The zero-order valence-corrected chi connectivity index (χ0v) is 11.2. The van der Waals surface area contributed by atoms with Crippen LogP contribution in [-0.2, 0) is 9.47 Å². The smallest absolute Gasteiger partial charge is 0.230 e. The number of ether oxygens (including phenoxy) is 3. The summed E-state index contributed by atoms with van der Waals surface area (Å²) < 4.78 is 16.4. The number of hydrogen-bond acceptors (Lipinski definition) is 3. The molecule has 0 unspecified atom stereocenters. The molecule has 0 amide bonds. The van der Waals surface area contributed by atoms with Crippen LogP contribution >= 0.6 is 0 Å². The summed E-state index contributed by atoms with van der Waals surface area (Å²) in [4.78, 5) is 0. The lowest BCUT2D eigenvalue weighted by molar-refractivity contribution is -0.179. The van der Waals surface area contributed by atoms with Gasteiger partial charge in [0.05, 0.1) is 0 Å². The van der Waals surface area contributed by atoms with Crippen LogP contribution in [0.5, 0.6) is 5.75 Å². The van der Waals surface area contributed by atoms with Crippen LogP contribution in [0.15, 0.2) is 30.3 Å². The van der Waals surface area contributed by atoms with Gasteiger partial charge in [0.15, 0.2) is 0 Å². The van der Waals surface area contributed by atoms with E-state index in [0.717, 1.165) is 5.75 Å². The van der Waals surface area contributed by atoms with Crippen LogP contribution in [0.25, 0.3) is 0 Å². The Hall–Kier alpha value is -1.50. The molecule has 1 aromatic carbocycles. The second kappa shape index (κ2) is 7.75. The number of benzene rings is 1. The molecular weight excluding hydrogens is 228 g/mol. The van der Waals surface area contributed by atoms with Gasteiger partial charge in [-0.2, -0.15) is 0 Å². The fraction of sp³-hybridized carbons (Fsp3) is 0.467. The topological polar surface area (TPSA) is 27.7 Å². The average Bonchev–Trinajstić information content (AvgIpc) is 2.37. The summed E-state index contributed by atoms with van der Waals surface area (Å²) in [5, 5.41) is 0. The van der Waals surface area contributed by atoms with Crippen molar-refractivity contribution in [3.63, 3.8) is 0 Å². The second-order valence-corrected chi connectivity index (χ2v) is 3.72. The highest BCUT2D eigenvalue weighted by molar-refractivity contribution is 5.22. The van der Waals surface area contributed by atoms with Gasteiger partial charge in [-0.25, -0.2) is 0 Å². The van der Waals surface area contributed by atoms with Crippen molar-refractivity contribution >= 4 is 0 Å². The van der Waals surface area contributed by atoms with Gasteiger partial charge in [0, 0.05) is 20.1 Å². The maximum Gasteiger partial charge on any atom is 0.230 e. The molecule has 0 bridgehead atoms. The number of hydrogen-bond donors (Lipinski definition) is 0. The molecular formula is C15H20O3. The first kappa shape index (κ1) is 14.6. The fourth-order valence-corrected chi connectivity index (χ4v) is 1.50. The standard InChI is InChI=1S/C15H20O3/c1-4-17-15(3,18-5-2)12-9-13-16-14-10-7-6-8-11-14/h6-8,10-11H,4-5,13H2,1-3H3. The SMILES string of the molecule is CCOC(C)(C#CCOc1ccccc1)OCC. The third kappa shape index (κ3) is 5.22. The Labute approximate surface area is 109 Å². The van der Waals surface area contributed by atoms with Crippen LogP contribution in [-0.4, -0.2) is 25.6 Å². The Kier molecular flexibility index (Phi) is 6.27. The molecule has 0 heterocycles. The van der Waals surface area contributed by atoms with Gasteiger partial charge in [0.2, 0.25) is 5.79 Å². The highest BCUT2D eigenvalue weighted by Crippen LogP contribution is 2.11. The van der Waals surface area contributed by atoms with Crippen LogP contribution in [0.4, 0.5) is 0 Å². The first-order chi connectivity index (χ1) is 8.70. The van der Waals surface area contributed by atoms with E-state index in [1.54, 1.807) is 0 Å². The van der Waals surface area contributed by atoms with Gasteiger partial charge in [-0.1, -0.05) is 24.1 Å². The molecule has 3 heteroatoms. The molecule has 0 aliphatic carbocycles. The van der Waals surface area contributed by atoms with Crippen molar-refractivity contribution in [1.82, 2.24) is 0 Å². The van der Waals surface area contributed by atoms with Crippen LogP contribution in [0.3, 0.4) is 0 Å². The third-order valence-electron chi connectivity index (χ3n) is 2.21. The van der Waals surface area contributed by atoms with Gasteiger partial charge < -0.3 is 14.2 Å². The number of rotatable bonds is 6. The molecule has 1 rings (SSSR count). The average molecular weight is 248 g/mol. The summed E-state index contributed by atoms with van der Waals surface area (Å²) in [6, 6.07) is 9.58. The lowest BCUT2D eigenvalue weighted by Crippen LogP contribution is -2.30. The lowest BCUT2D eigenvalue weighted by Gasteiger charge is -2.22. The van der Waals surface area contributed by atoms with Gasteiger partial charge in [-0.15, -0.1) is 0 Å². The van der Waals surface area contributed by atoms with Gasteiger partial charge >= 0.3 is 0 Å². The summed E-state index contributed by atoms with van der Waals surface area (Å²) in [6.45, 7) is 7.09. The summed E-state index contributed by atoms with van der Waals surface area (Å²) in [7, 11) is 0. The predicted octanol–water partition coefficient (Wildman–Crippen LogP) is 2.86. The molecule has 0 spiro atoms. The Bertz CT molecular complexity index is 383. The van der Waals surface area contributed by atoms with Gasteiger partial charge in [-0.05, 0) is 31.9 Å². The molecule has 3 nitrogen and oxygen atoms in total. The molecule has 1 aromatic rings. The minimum Gasteiger partial charge on any atom is -0.481 e. The molecule has 0 saturated heterocycles. The van der Waals surface area contributed by atoms with Crippen molar-refractivity contribution in [3.05, 3.63) is 30.3 Å². The number of para-hydroxylation sites is 1. The van der Waals surface area contributed by atoms with Gasteiger partial charge in [0.1, 0.15) is 12.4 Å². The monoisotopic (exact) mass is 248 g/mol.